The minimum atomic E-state index is -0.987. The number of benzene rings is 1. The molecule has 2 aliphatic heterocycles. The molecule has 5 rings (SSSR count). The third-order valence-electron chi connectivity index (χ3n) is 5.84. The zero-order valence-corrected chi connectivity index (χ0v) is 16.9. The molecule has 0 aliphatic carbocycles. The summed E-state index contributed by atoms with van der Waals surface area (Å²) >= 11 is 0. The first-order valence-corrected chi connectivity index (χ1v) is 10.2. The number of fused-ring (bicyclic) bond motifs is 2. The highest BCUT2D eigenvalue weighted by atomic mass is 16.6. The van der Waals surface area contributed by atoms with E-state index in [1.807, 2.05) is 42.1 Å². The van der Waals surface area contributed by atoms with Crippen LogP contribution in [0.5, 0.6) is 5.75 Å². The van der Waals surface area contributed by atoms with Crippen LogP contribution >= 0.6 is 0 Å². The summed E-state index contributed by atoms with van der Waals surface area (Å²) in [5.74, 6) is 0.734. The predicted molar refractivity (Wildman–Crippen MR) is 115 cm³/mol. The fourth-order valence-corrected chi connectivity index (χ4v) is 4.17. The van der Waals surface area contributed by atoms with E-state index in [0.29, 0.717) is 0 Å². The lowest BCUT2D eigenvalue weighted by molar-refractivity contribution is 0.0320. The smallest absolute Gasteiger partial charge is 0.224 e. The van der Waals surface area contributed by atoms with Gasteiger partial charge in [0.2, 0.25) is 6.29 Å². The fourth-order valence-electron chi connectivity index (χ4n) is 4.17. The van der Waals surface area contributed by atoms with Gasteiger partial charge in [-0.15, -0.1) is 0 Å². The van der Waals surface area contributed by atoms with E-state index in [1.165, 1.54) is 0 Å². The van der Waals surface area contributed by atoms with Gasteiger partial charge >= 0.3 is 0 Å². The summed E-state index contributed by atoms with van der Waals surface area (Å²) in [5, 5.41) is 10.7. The van der Waals surface area contributed by atoms with Gasteiger partial charge in [-0.2, -0.15) is 0 Å². The van der Waals surface area contributed by atoms with Gasteiger partial charge in [-0.3, -0.25) is 4.98 Å². The number of hydrogen-bond donors (Lipinski definition) is 1. The molecule has 0 saturated carbocycles. The summed E-state index contributed by atoms with van der Waals surface area (Å²) in [6.45, 7) is 6.19. The van der Waals surface area contributed by atoms with Crippen molar-refractivity contribution in [2.45, 2.75) is 19.6 Å². The summed E-state index contributed by atoms with van der Waals surface area (Å²) in [5.41, 5.74) is 5.79. The van der Waals surface area contributed by atoms with Crippen molar-refractivity contribution in [2.75, 3.05) is 38.1 Å². The Kier molecular flexibility index (Phi) is 4.53. The summed E-state index contributed by atoms with van der Waals surface area (Å²) in [7, 11) is 2.17. The molecular weight excluding hydrogens is 364 g/mol. The molecule has 0 amide bonds. The molecule has 29 heavy (non-hydrogen) atoms. The van der Waals surface area contributed by atoms with E-state index in [4.69, 9.17) is 4.74 Å². The van der Waals surface area contributed by atoms with Gasteiger partial charge in [0, 0.05) is 60.5 Å². The average molecular weight is 390 g/mol. The molecule has 2 aromatic heterocycles. The van der Waals surface area contributed by atoms with E-state index in [9.17, 15) is 5.11 Å². The van der Waals surface area contributed by atoms with Crippen LogP contribution in [0.1, 0.15) is 23.2 Å². The van der Waals surface area contributed by atoms with E-state index in [0.717, 1.165) is 71.9 Å². The number of aliphatic hydroxyl groups excluding tert-OH is 1. The largest absolute Gasteiger partial charge is 0.460 e. The van der Waals surface area contributed by atoms with Crippen molar-refractivity contribution in [1.29, 1.82) is 0 Å². The van der Waals surface area contributed by atoms with Crippen LogP contribution in [0.3, 0.4) is 0 Å². The van der Waals surface area contributed by atoms with Gasteiger partial charge in [-0.25, -0.2) is 0 Å². The zero-order valence-electron chi connectivity index (χ0n) is 16.9. The lowest BCUT2D eigenvalue weighted by Crippen LogP contribution is -2.29. The van der Waals surface area contributed by atoms with Crippen molar-refractivity contribution in [3.05, 3.63) is 59.7 Å². The Hall–Kier alpha value is -2.83. The average Bonchev–Trinajstić information content (AvgIpc) is 2.99. The van der Waals surface area contributed by atoms with Crippen LogP contribution in [-0.4, -0.2) is 58.9 Å². The second-order valence-corrected chi connectivity index (χ2v) is 8.03. The van der Waals surface area contributed by atoms with Gasteiger partial charge in [0.25, 0.3) is 0 Å². The Morgan fingerprint density at radius 1 is 1.10 bits per heavy atom. The zero-order chi connectivity index (χ0) is 20.0. The first kappa shape index (κ1) is 18.2. The molecule has 3 aromatic rings. The monoisotopic (exact) mass is 390 g/mol. The molecule has 1 atom stereocenters. The van der Waals surface area contributed by atoms with Crippen LogP contribution in [0, 0.1) is 6.92 Å². The molecule has 2 aliphatic rings. The van der Waals surface area contributed by atoms with Crippen LogP contribution < -0.4 is 9.64 Å². The van der Waals surface area contributed by atoms with E-state index in [2.05, 4.69) is 40.0 Å². The van der Waals surface area contributed by atoms with Gasteiger partial charge in [0.15, 0.2) is 0 Å². The van der Waals surface area contributed by atoms with Crippen molar-refractivity contribution < 1.29 is 9.84 Å². The standard InChI is InChI=1S/C23H26N4O2/c1-16-14-27-15-18(10-20(27)13-24-16)21-11-17-4-5-19(12-22(17)29-23(21)28)26-7-3-6-25(2)8-9-26/h4-5,10-15,23,28H,3,6-9H2,1-2H3. The van der Waals surface area contributed by atoms with Gasteiger partial charge in [-0.1, -0.05) is 0 Å². The maximum Gasteiger partial charge on any atom is 0.224 e. The Balaban J connectivity index is 1.46. The van der Waals surface area contributed by atoms with Crippen molar-refractivity contribution in [3.63, 3.8) is 0 Å². The third-order valence-corrected chi connectivity index (χ3v) is 5.84. The topological polar surface area (TPSA) is 53.2 Å². The van der Waals surface area contributed by atoms with Gasteiger partial charge < -0.3 is 24.0 Å². The molecule has 0 radical (unpaired) electrons. The maximum atomic E-state index is 10.7. The first-order valence-electron chi connectivity index (χ1n) is 10.2. The quantitative estimate of drug-likeness (QED) is 0.729. The summed E-state index contributed by atoms with van der Waals surface area (Å²) in [6.07, 6.45) is 8.02. The molecule has 1 fully saturated rings. The SMILES string of the molecule is Cc1cn2cc(C3=Cc4ccc(N5CCCN(C)CC5)cc4OC3O)cc2cn1. The van der Waals surface area contributed by atoms with E-state index in [1.54, 1.807) is 0 Å². The van der Waals surface area contributed by atoms with Crippen molar-refractivity contribution in [3.8, 4) is 5.75 Å². The number of aryl methyl sites for hydroxylation is 1. The van der Waals surface area contributed by atoms with E-state index >= 15 is 0 Å². The van der Waals surface area contributed by atoms with Crippen molar-refractivity contribution in [1.82, 2.24) is 14.3 Å². The number of aliphatic hydroxyl groups is 1. The number of ether oxygens (including phenoxy) is 1. The Morgan fingerprint density at radius 3 is 2.90 bits per heavy atom. The number of aromatic nitrogens is 2. The molecule has 6 heteroatoms. The minimum absolute atomic E-state index is 0.734. The van der Waals surface area contributed by atoms with Crippen molar-refractivity contribution in [2.24, 2.45) is 0 Å². The second kappa shape index (κ2) is 7.21. The molecule has 1 saturated heterocycles. The highest BCUT2D eigenvalue weighted by molar-refractivity contribution is 5.88. The van der Waals surface area contributed by atoms with Crippen molar-refractivity contribution >= 4 is 22.9 Å². The molecule has 1 unspecified atom stereocenters. The highest BCUT2D eigenvalue weighted by Crippen LogP contribution is 2.36. The second-order valence-electron chi connectivity index (χ2n) is 8.03. The van der Waals surface area contributed by atoms with Crippen LogP contribution in [0.4, 0.5) is 5.69 Å². The minimum Gasteiger partial charge on any atom is -0.460 e. The number of rotatable bonds is 2. The highest BCUT2D eigenvalue weighted by Gasteiger charge is 2.24. The number of nitrogens with zero attached hydrogens (tertiary/aromatic N) is 4. The summed E-state index contributed by atoms with van der Waals surface area (Å²) in [6, 6.07) is 8.33. The molecular formula is C23H26N4O2. The van der Waals surface area contributed by atoms with Gasteiger partial charge in [0.1, 0.15) is 5.75 Å². The van der Waals surface area contributed by atoms with E-state index in [-0.39, 0.29) is 0 Å². The number of hydrogen-bond acceptors (Lipinski definition) is 5. The molecule has 0 bridgehead atoms. The van der Waals surface area contributed by atoms with Gasteiger partial charge in [-0.05, 0) is 51.2 Å². The normalized spacial score (nSPS) is 20.2. The third kappa shape index (κ3) is 3.50. The van der Waals surface area contributed by atoms with Crippen LogP contribution in [0.25, 0.3) is 17.2 Å². The lowest BCUT2D eigenvalue weighted by Gasteiger charge is -2.27. The Morgan fingerprint density at radius 2 is 2.00 bits per heavy atom. The molecule has 150 valence electrons. The molecule has 1 aromatic carbocycles. The molecule has 1 N–H and O–H groups in total. The van der Waals surface area contributed by atoms with Crippen LogP contribution in [0.2, 0.25) is 0 Å². The van der Waals surface area contributed by atoms with Crippen LogP contribution in [0.15, 0.2) is 42.9 Å². The number of anilines is 1. The Bertz CT molecular complexity index is 1090. The molecule has 4 heterocycles. The van der Waals surface area contributed by atoms with E-state index < -0.39 is 6.29 Å². The first-order chi connectivity index (χ1) is 14.1. The fraction of sp³-hybridized carbons (Fsp3) is 0.348. The number of likely N-dealkylation sites (N-methyl/N-ethyl adjacent to an activating group) is 1. The van der Waals surface area contributed by atoms with Gasteiger partial charge in [0.05, 0.1) is 17.4 Å². The summed E-state index contributed by atoms with van der Waals surface area (Å²) in [4.78, 5) is 9.11. The molecule has 0 spiro atoms. The summed E-state index contributed by atoms with van der Waals surface area (Å²) < 4.78 is 7.96. The maximum absolute atomic E-state index is 10.7. The predicted octanol–water partition coefficient (Wildman–Crippen LogP) is 3.04. The molecule has 6 nitrogen and oxygen atoms in total. The lowest BCUT2D eigenvalue weighted by atomic mass is 10.0. The van der Waals surface area contributed by atoms with Crippen LogP contribution in [-0.2, 0) is 0 Å². The Labute approximate surface area is 170 Å².